The van der Waals surface area contributed by atoms with Crippen LogP contribution in [0.15, 0.2) is 16.6 Å². The second-order valence-electron chi connectivity index (χ2n) is 8.89. The van der Waals surface area contributed by atoms with E-state index in [-0.39, 0.29) is 23.3 Å². The number of hydrogen-bond donors (Lipinski definition) is 1. The van der Waals surface area contributed by atoms with Crippen LogP contribution in [0.25, 0.3) is 0 Å². The third kappa shape index (κ3) is 4.44. The van der Waals surface area contributed by atoms with Gasteiger partial charge in [-0.2, -0.15) is 5.10 Å². The van der Waals surface area contributed by atoms with Gasteiger partial charge in [-0.1, -0.05) is 6.92 Å². The van der Waals surface area contributed by atoms with Crippen LogP contribution in [0.1, 0.15) is 61.8 Å². The van der Waals surface area contributed by atoms with Crippen molar-refractivity contribution in [2.45, 2.75) is 65.5 Å². The molecule has 31 heavy (non-hydrogen) atoms. The van der Waals surface area contributed by atoms with E-state index in [1.165, 1.54) is 0 Å². The van der Waals surface area contributed by atoms with Gasteiger partial charge in [-0.25, -0.2) is 4.79 Å². The SMILES string of the molecule is CCc1nn(CCCOC(=O)C2=NC(C)C(C)=C2)c2c1C(=O)NCC1(CCOCC1)C2. The third-order valence-corrected chi connectivity index (χ3v) is 6.72. The van der Waals surface area contributed by atoms with Crippen molar-refractivity contribution in [3.63, 3.8) is 0 Å². The number of hydrogen-bond acceptors (Lipinski definition) is 6. The highest BCUT2D eigenvalue weighted by molar-refractivity contribution is 6.42. The molecule has 3 aliphatic rings. The Bertz CT molecular complexity index is 924. The first-order chi connectivity index (χ1) is 14.9. The Morgan fingerprint density at radius 2 is 2.16 bits per heavy atom. The number of nitrogens with zero attached hydrogens (tertiary/aromatic N) is 3. The Hall–Kier alpha value is -2.48. The van der Waals surface area contributed by atoms with Gasteiger partial charge in [0.25, 0.3) is 5.91 Å². The summed E-state index contributed by atoms with van der Waals surface area (Å²) in [5, 5.41) is 7.88. The number of carbonyl (C=O) groups is 2. The summed E-state index contributed by atoms with van der Waals surface area (Å²) < 4.78 is 13.0. The van der Waals surface area contributed by atoms with Gasteiger partial charge in [0, 0.05) is 32.7 Å². The number of aryl methyl sites for hydroxylation is 2. The van der Waals surface area contributed by atoms with Crippen molar-refractivity contribution in [3.8, 4) is 0 Å². The van der Waals surface area contributed by atoms with Crippen LogP contribution in [0.4, 0.5) is 0 Å². The first-order valence-electron chi connectivity index (χ1n) is 11.3. The summed E-state index contributed by atoms with van der Waals surface area (Å²) in [6, 6.07) is 0.0400. The van der Waals surface area contributed by atoms with Crippen LogP contribution in [-0.2, 0) is 33.7 Å². The smallest absolute Gasteiger partial charge is 0.356 e. The molecule has 1 aromatic rings. The van der Waals surface area contributed by atoms with Gasteiger partial charge in [-0.3, -0.25) is 14.5 Å². The van der Waals surface area contributed by atoms with Crippen molar-refractivity contribution in [2.75, 3.05) is 26.4 Å². The summed E-state index contributed by atoms with van der Waals surface area (Å²) in [7, 11) is 0. The highest BCUT2D eigenvalue weighted by Crippen LogP contribution is 2.37. The maximum atomic E-state index is 12.9. The molecule has 0 bridgehead atoms. The lowest BCUT2D eigenvalue weighted by molar-refractivity contribution is -0.135. The Balaban J connectivity index is 1.44. The molecule has 0 aliphatic carbocycles. The van der Waals surface area contributed by atoms with E-state index < -0.39 is 0 Å². The van der Waals surface area contributed by atoms with Crippen molar-refractivity contribution < 1.29 is 19.1 Å². The number of rotatable bonds is 6. The Kier molecular flexibility index (Phi) is 6.27. The van der Waals surface area contributed by atoms with Crippen LogP contribution in [0.2, 0.25) is 0 Å². The maximum absolute atomic E-state index is 12.9. The summed E-state index contributed by atoms with van der Waals surface area (Å²) in [4.78, 5) is 29.4. The zero-order valence-electron chi connectivity index (χ0n) is 18.7. The number of ether oxygens (including phenoxy) is 2. The number of fused-ring (bicyclic) bond motifs is 1. The number of aliphatic imine (C=N–C) groups is 1. The summed E-state index contributed by atoms with van der Waals surface area (Å²) in [5.74, 6) is -0.402. The van der Waals surface area contributed by atoms with Crippen molar-refractivity contribution in [1.29, 1.82) is 0 Å². The van der Waals surface area contributed by atoms with E-state index in [2.05, 4.69) is 10.3 Å². The molecule has 4 rings (SSSR count). The van der Waals surface area contributed by atoms with Gasteiger partial charge in [0.15, 0.2) is 0 Å². The molecule has 4 heterocycles. The molecule has 1 amide bonds. The molecule has 8 heteroatoms. The van der Waals surface area contributed by atoms with Gasteiger partial charge >= 0.3 is 5.97 Å². The standard InChI is InChI=1S/C23H32N4O4/c1-4-17-20-19(13-23(14-24-21(20)28)6-10-30-11-7-23)27(26-17)8-5-9-31-22(29)18-12-15(2)16(3)25-18/h12,16H,4-11,13-14H2,1-3H3,(H,24,28). The quantitative estimate of drug-likeness (QED) is 0.554. The van der Waals surface area contributed by atoms with E-state index in [1.807, 2.05) is 25.5 Å². The topological polar surface area (TPSA) is 94.8 Å². The largest absolute Gasteiger partial charge is 0.461 e. The fourth-order valence-electron chi connectivity index (χ4n) is 4.61. The molecule has 168 valence electrons. The molecule has 1 fully saturated rings. The predicted molar refractivity (Wildman–Crippen MR) is 116 cm³/mol. The van der Waals surface area contributed by atoms with Gasteiger partial charge in [-0.15, -0.1) is 0 Å². The fraction of sp³-hybridized carbons (Fsp3) is 0.652. The Morgan fingerprint density at radius 1 is 1.39 bits per heavy atom. The van der Waals surface area contributed by atoms with Crippen LogP contribution < -0.4 is 5.32 Å². The number of carbonyl (C=O) groups excluding carboxylic acids is 2. The van der Waals surface area contributed by atoms with Crippen LogP contribution in [-0.4, -0.2) is 59.8 Å². The molecule has 1 atom stereocenters. The van der Waals surface area contributed by atoms with E-state index in [1.54, 1.807) is 6.08 Å². The zero-order chi connectivity index (χ0) is 22.0. The van der Waals surface area contributed by atoms with Crippen LogP contribution in [0, 0.1) is 5.41 Å². The average molecular weight is 429 g/mol. The highest BCUT2D eigenvalue weighted by atomic mass is 16.5. The monoisotopic (exact) mass is 428 g/mol. The van der Waals surface area contributed by atoms with Crippen LogP contribution in [0.3, 0.4) is 0 Å². The van der Waals surface area contributed by atoms with Gasteiger partial charge in [-0.05, 0) is 56.6 Å². The highest BCUT2D eigenvalue weighted by Gasteiger charge is 2.39. The normalized spacial score (nSPS) is 22.4. The minimum atomic E-state index is -0.377. The van der Waals surface area contributed by atoms with Gasteiger partial charge < -0.3 is 14.8 Å². The minimum Gasteiger partial charge on any atom is -0.461 e. The first kappa shape index (κ1) is 21.7. The number of aromatic nitrogens is 2. The van der Waals surface area contributed by atoms with E-state index in [9.17, 15) is 9.59 Å². The lowest BCUT2D eigenvalue weighted by atomic mass is 9.76. The first-order valence-corrected chi connectivity index (χ1v) is 11.3. The summed E-state index contributed by atoms with van der Waals surface area (Å²) in [5.41, 5.74) is 4.06. The molecular formula is C23H32N4O4. The lowest BCUT2D eigenvalue weighted by Crippen LogP contribution is -2.40. The average Bonchev–Trinajstić information content (AvgIpc) is 3.25. The van der Waals surface area contributed by atoms with Crippen molar-refractivity contribution >= 4 is 17.6 Å². The summed E-state index contributed by atoms with van der Waals surface area (Å²) in [6.07, 6.45) is 5.81. The van der Waals surface area contributed by atoms with Crippen molar-refractivity contribution in [2.24, 2.45) is 10.4 Å². The Morgan fingerprint density at radius 3 is 2.84 bits per heavy atom. The fourth-order valence-corrected chi connectivity index (χ4v) is 4.61. The van der Waals surface area contributed by atoms with Gasteiger partial charge in [0.2, 0.25) is 0 Å². The zero-order valence-corrected chi connectivity index (χ0v) is 18.7. The van der Waals surface area contributed by atoms with E-state index in [0.29, 0.717) is 38.2 Å². The molecule has 1 N–H and O–H groups in total. The number of nitrogens with one attached hydrogen (secondary N) is 1. The van der Waals surface area contributed by atoms with Gasteiger partial charge in [0.1, 0.15) is 5.71 Å². The van der Waals surface area contributed by atoms with Gasteiger partial charge in [0.05, 0.1) is 29.6 Å². The molecule has 1 spiro atoms. The molecule has 0 radical (unpaired) electrons. The van der Waals surface area contributed by atoms with E-state index >= 15 is 0 Å². The molecule has 1 saturated heterocycles. The molecule has 3 aliphatic heterocycles. The van der Waals surface area contributed by atoms with E-state index in [4.69, 9.17) is 14.6 Å². The predicted octanol–water partition coefficient (Wildman–Crippen LogP) is 2.25. The number of esters is 1. The molecule has 0 saturated carbocycles. The van der Waals surface area contributed by atoms with E-state index in [0.717, 1.165) is 55.0 Å². The lowest BCUT2D eigenvalue weighted by Gasteiger charge is -2.36. The molecular weight excluding hydrogens is 396 g/mol. The molecule has 0 aromatic carbocycles. The molecule has 1 aromatic heterocycles. The maximum Gasteiger partial charge on any atom is 0.356 e. The Labute approximate surface area is 183 Å². The second-order valence-corrected chi connectivity index (χ2v) is 8.89. The van der Waals surface area contributed by atoms with Crippen molar-refractivity contribution in [1.82, 2.24) is 15.1 Å². The summed E-state index contributed by atoms with van der Waals surface area (Å²) in [6.45, 7) is 8.98. The molecule has 1 unspecified atom stereocenters. The summed E-state index contributed by atoms with van der Waals surface area (Å²) >= 11 is 0. The van der Waals surface area contributed by atoms with Crippen LogP contribution >= 0.6 is 0 Å². The third-order valence-electron chi connectivity index (χ3n) is 6.72. The minimum absolute atomic E-state index is 0.0237. The second kappa shape index (κ2) is 8.94. The van der Waals surface area contributed by atoms with Crippen molar-refractivity contribution in [3.05, 3.63) is 28.6 Å². The number of amides is 1. The molecule has 8 nitrogen and oxygen atoms in total. The van der Waals surface area contributed by atoms with Crippen LogP contribution in [0.5, 0.6) is 0 Å².